The summed E-state index contributed by atoms with van der Waals surface area (Å²) in [5.74, 6) is -0.870. The van der Waals surface area contributed by atoms with Gasteiger partial charge in [0.15, 0.2) is 0 Å². The highest BCUT2D eigenvalue weighted by Gasteiger charge is 2.21. The Labute approximate surface area is 132 Å². The molecule has 0 amide bonds. The van der Waals surface area contributed by atoms with Gasteiger partial charge in [0.05, 0.1) is 0 Å². The highest BCUT2D eigenvalue weighted by Crippen LogP contribution is 2.21. The first-order chi connectivity index (χ1) is 8.59. The lowest BCUT2D eigenvalue weighted by Gasteiger charge is -2.31. The van der Waals surface area contributed by atoms with E-state index in [0.29, 0.717) is 16.2 Å². The first-order valence-corrected chi connectivity index (χ1v) is 7.21. The van der Waals surface area contributed by atoms with Gasteiger partial charge in [0.2, 0.25) is 0 Å². The van der Waals surface area contributed by atoms with Crippen molar-refractivity contribution in [2.45, 2.75) is 25.4 Å². The fourth-order valence-electron chi connectivity index (χ4n) is 2.34. The van der Waals surface area contributed by atoms with Gasteiger partial charge in [-0.25, -0.2) is 8.78 Å². The summed E-state index contributed by atoms with van der Waals surface area (Å²) in [6, 6.07) is 3.22. The van der Waals surface area contributed by atoms with E-state index >= 15 is 0 Å². The number of hydrogen-bond donors (Lipinski definition) is 1. The topological polar surface area (TPSA) is 15.3 Å². The van der Waals surface area contributed by atoms with Crippen LogP contribution in [0.25, 0.3) is 0 Å². The Balaban J connectivity index is 0.00000180. The first-order valence-electron chi connectivity index (χ1n) is 6.13. The molecule has 0 aromatic heterocycles. The molecule has 1 fully saturated rings. The Morgan fingerprint density at radius 2 is 1.95 bits per heavy atom. The highest BCUT2D eigenvalue weighted by atomic mass is 127. The molecule has 0 saturated carbocycles. The normalized spacial score (nSPS) is 16.5. The average molecular weight is 403 g/mol. The van der Waals surface area contributed by atoms with Gasteiger partial charge in [-0.2, -0.15) is 0 Å². The van der Waals surface area contributed by atoms with Crippen LogP contribution in [-0.4, -0.2) is 31.1 Å². The first kappa shape index (κ1) is 17.1. The molecule has 0 bridgehead atoms. The van der Waals surface area contributed by atoms with Gasteiger partial charge in [-0.15, -0.1) is 12.4 Å². The van der Waals surface area contributed by atoms with Crippen LogP contribution >= 0.6 is 35.0 Å². The van der Waals surface area contributed by atoms with E-state index in [1.54, 1.807) is 0 Å². The molecule has 19 heavy (non-hydrogen) atoms. The van der Waals surface area contributed by atoms with Gasteiger partial charge in [0.25, 0.3) is 0 Å². The van der Waals surface area contributed by atoms with Crippen LogP contribution in [0.15, 0.2) is 12.1 Å². The van der Waals surface area contributed by atoms with Crippen molar-refractivity contribution in [1.29, 1.82) is 0 Å². The van der Waals surface area contributed by atoms with E-state index in [4.69, 9.17) is 0 Å². The maximum atomic E-state index is 13.9. The number of nitrogens with one attached hydrogen (secondary N) is 1. The van der Waals surface area contributed by atoms with Gasteiger partial charge in [0, 0.05) is 21.7 Å². The molecule has 1 aromatic carbocycles. The molecule has 2 rings (SSSR count). The standard InChI is InChI=1S/C13H17F2IN2.ClH/c1-18(9-4-6-17-7-5-9)8-10-11(14)2-3-12(16)13(10)15;/h2-3,9,17H,4-8H2,1H3;1H. The predicted octanol–water partition coefficient (Wildman–Crippen LogP) is 3.18. The zero-order chi connectivity index (χ0) is 13.1. The molecule has 1 N–H and O–H groups in total. The lowest BCUT2D eigenvalue weighted by atomic mass is 10.0. The second-order valence-electron chi connectivity index (χ2n) is 4.72. The van der Waals surface area contributed by atoms with E-state index in [2.05, 4.69) is 10.2 Å². The van der Waals surface area contributed by atoms with E-state index in [0.717, 1.165) is 25.9 Å². The Morgan fingerprint density at radius 3 is 2.58 bits per heavy atom. The van der Waals surface area contributed by atoms with Crippen LogP contribution < -0.4 is 5.32 Å². The molecular formula is C13H18ClF2IN2. The van der Waals surface area contributed by atoms with Crippen LogP contribution in [0.3, 0.4) is 0 Å². The molecule has 0 atom stereocenters. The van der Waals surface area contributed by atoms with Crippen molar-refractivity contribution in [3.63, 3.8) is 0 Å². The fraction of sp³-hybridized carbons (Fsp3) is 0.538. The third kappa shape index (κ3) is 4.24. The molecule has 2 nitrogen and oxygen atoms in total. The lowest BCUT2D eigenvalue weighted by molar-refractivity contribution is 0.187. The SMILES string of the molecule is CN(Cc1c(F)ccc(I)c1F)C1CCNCC1.Cl. The molecule has 0 spiro atoms. The van der Waals surface area contributed by atoms with E-state index in [1.807, 2.05) is 29.6 Å². The quantitative estimate of drug-likeness (QED) is 0.617. The van der Waals surface area contributed by atoms with E-state index in [-0.39, 0.29) is 18.0 Å². The van der Waals surface area contributed by atoms with Crippen LogP contribution in [0, 0.1) is 15.2 Å². The zero-order valence-electron chi connectivity index (χ0n) is 10.8. The van der Waals surface area contributed by atoms with Gasteiger partial charge < -0.3 is 5.32 Å². The summed E-state index contributed by atoms with van der Waals surface area (Å²) in [5.41, 5.74) is 0.183. The molecular weight excluding hydrogens is 385 g/mol. The van der Waals surface area contributed by atoms with Crippen LogP contribution in [-0.2, 0) is 6.54 Å². The summed E-state index contributed by atoms with van der Waals surface area (Å²) < 4.78 is 28.1. The second kappa shape index (κ2) is 7.71. The number of hydrogen-bond acceptors (Lipinski definition) is 2. The summed E-state index contributed by atoms with van der Waals surface area (Å²) in [6.45, 7) is 2.29. The number of benzene rings is 1. The van der Waals surface area contributed by atoms with E-state index in [1.165, 1.54) is 12.1 Å². The van der Waals surface area contributed by atoms with E-state index in [9.17, 15) is 8.78 Å². The maximum absolute atomic E-state index is 13.9. The van der Waals surface area contributed by atoms with Crippen LogP contribution in [0.2, 0.25) is 0 Å². The second-order valence-corrected chi connectivity index (χ2v) is 5.88. The number of rotatable bonds is 3. The summed E-state index contributed by atoms with van der Waals surface area (Å²) in [4.78, 5) is 2.05. The molecule has 0 aliphatic carbocycles. The summed E-state index contributed by atoms with van der Waals surface area (Å²) in [5, 5.41) is 3.29. The molecule has 6 heteroatoms. The van der Waals surface area contributed by atoms with Crippen molar-refractivity contribution in [1.82, 2.24) is 10.2 Å². The number of nitrogens with zero attached hydrogens (tertiary/aromatic N) is 1. The minimum Gasteiger partial charge on any atom is -0.317 e. The van der Waals surface area contributed by atoms with Gasteiger partial charge in [0.1, 0.15) is 11.6 Å². The minimum absolute atomic E-state index is 0. The maximum Gasteiger partial charge on any atom is 0.143 e. The summed E-state index contributed by atoms with van der Waals surface area (Å²) in [6.07, 6.45) is 2.06. The predicted molar refractivity (Wildman–Crippen MR) is 83.7 cm³/mol. The Bertz CT molecular complexity index is 425. The van der Waals surface area contributed by atoms with Gasteiger partial charge >= 0.3 is 0 Å². The zero-order valence-corrected chi connectivity index (χ0v) is 13.7. The van der Waals surface area contributed by atoms with Crippen molar-refractivity contribution in [2.24, 2.45) is 0 Å². The van der Waals surface area contributed by atoms with Gasteiger partial charge in [-0.05, 0) is 67.7 Å². The molecule has 1 aliphatic rings. The van der Waals surface area contributed by atoms with Gasteiger partial charge in [-0.3, -0.25) is 4.90 Å². The smallest absolute Gasteiger partial charge is 0.143 e. The lowest BCUT2D eigenvalue weighted by Crippen LogP contribution is -2.41. The number of halogens is 4. The largest absolute Gasteiger partial charge is 0.317 e. The minimum atomic E-state index is -0.450. The van der Waals surface area contributed by atoms with Crippen molar-refractivity contribution in [3.8, 4) is 0 Å². The van der Waals surface area contributed by atoms with Crippen LogP contribution in [0.4, 0.5) is 8.78 Å². The molecule has 1 heterocycles. The van der Waals surface area contributed by atoms with Crippen LogP contribution in [0.1, 0.15) is 18.4 Å². The van der Waals surface area contributed by atoms with Crippen molar-refractivity contribution in [2.75, 3.05) is 20.1 Å². The third-order valence-corrected chi connectivity index (χ3v) is 4.31. The summed E-state index contributed by atoms with van der Waals surface area (Å²) in [7, 11) is 1.94. The highest BCUT2D eigenvalue weighted by molar-refractivity contribution is 14.1. The van der Waals surface area contributed by atoms with Crippen molar-refractivity contribution in [3.05, 3.63) is 32.9 Å². The molecule has 0 unspecified atom stereocenters. The van der Waals surface area contributed by atoms with Crippen molar-refractivity contribution >= 4 is 35.0 Å². The Kier molecular flexibility index (Phi) is 6.93. The third-order valence-electron chi connectivity index (χ3n) is 3.48. The molecule has 108 valence electrons. The van der Waals surface area contributed by atoms with Crippen molar-refractivity contribution < 1.29 is 8.78 Å². The molecule has 1 aliphatic heterocycles. The Hall–Kier alpha value is 0.0200. The summed E-state index contributed by atoms with van der Waals surface area (Å²) >= 11 is 1.90. The fourth-order valence-corrected chi connectivity index (χ4v) is 2.85. The molecule has 1 saturated heterocycles. The number of piperidine rings is 1. The van der Waals surface area contributed by atoms with Crippen LogP contribution in [0.5, 0.6) is 0 Å². The molecule has 0 radical (unpaired) electrons. The molecule has 1 aromatic rings. The average Bonchev–Trinajstić information content (AvgIpc) is 2.40. The Morgan fingerprint density at radius 1 is 1.32 bits per heavy atom. The van der Waals surface area contributed by atoms with Gasteiger partial charge in [-0.1, -0.05) is 0 Å². The monoisotopic (exact) mass is 402 g/mol. The van der Waals surface area contributed by atoms with E-state index < -0.39 is 11.6 Å².